The first kappa shape index (κ1) is 18.6. The molecule has 27 heavy (non-hydrogen) atoms. The highest BCUT2D eigenvalue weighted by atomic mass is 16.5. The number of carbonyl (C=O) groups is 2. The molecule has 1 atom stereocenters. The molecule has 3 rings (SSSR count). The molecule has 0 unspecified atom stereocenters. The largest absolute Gasteiger partial charge is 0.494 e. The Balaban J connectivity index is 1.63. The lowest BCUT2D eigenvalue weighted by molar-refractivity contribution is -0.125. The first-order valence-electron chi connectivity index (χ1n) is 8.65. The molecule has 1 N–H and O–H groups in total. The monoisotopic (exact) mass is 371 g/mol. The molecule has 0 spiro atoms. The van der Waals surface area contributed by atoms with Gasteiger partial charge in [0.1, 0.15) is 17.1 Å². The van der Waals surface area contributed by atoms with Crippen LogP contribution in [0.4, 0.5) is 0 Å². The van der Waals surface area contributed by atoms with E-state index in [0.29, 0.717) is 29.3 Å². The van der Waals surface area contributed by atoms with Crippen molar-refractivity contribution in [2.75, 3.05) is 13.2 Å². The first-order chi connectivity index (χ1) is 13.0. The lowest BCUT2D eigenvalue weighted by Crippen LogP contribution is -2.31. The molecule has 7 heteroatoms. The van der Waals surface area contributed by atoms with Gasteiger partial charge in [0.2, 0.25) is 5.76 Å². The molecule has 2 heterocycles. The van der Waals surface area contributed by atoms with Gasteiger partial charge in [-0.1, -0.05) is 0 Å². The number of ether oxygens (including phenoxy) is 2. The van der Waals surface area contributed by atoms with Crippen molar-refractivity contribution in [3.63, 3.8) is 0 Å². The summed E-state index contributed by atoms with van der Waals surface area (Å²) in [5, 5.41) is 3.46. The molecule has 3 aromatic rings. The third-order valence-corrected chi connectivity index (χ3v) is 4.09. The van der Waals surface area contributed by atoms with Crippen molar-refractivity contribution in [3.05, 3.63) is 53.7 Å². The fourth-order valence-corrected chi connectivity index (χ4v) is 2.74. The topological polar surface area (TPSA) is 90.9 Å². The molecule has 0 aliphatic carbocycles. The molecule has 1 amide bonds. The molecule has 0 saturated carbocycles. The maximum Gasteiger partial charge on any atom is 0.375 e. The summed E-state index contributed by atoms with van der Waals surface area (Å²) in [5.41, 5.74) is 1.19. The van der Waals surface area contributed by atoms with Gasteiger partial charge in [-0.3, -0.25) is 4.79 Å². The van der Waals surface area contributed by atoms with E-state index >= 15 is 0 Å². The maximum absolute atomic E-state index is 12.3. The van der Waals surface area contributed by atoms with E-state index in [1.807, 2.05) is 13.0 Å². The lowest BCUT2D eigenvalue weighted by Gasteiger charge is -2.11. The number of nitrogens with one attached hydrogen (secondary N) is 1. The Morgan fingerprint density at radius 1 is 1.26 bits per heavy atom. The van der Waals surface area contributed by atoms with Crippen LogP contribution < -0.4 is 10.1 Å². The summed E-state index contributed by atoms with van der Waals surface area (Å²) < 4.78 is 21.4. The number of benzene rings is 1. The van der Waals surface area contributed by atoms with Gasteiger partial charge < -0.3 is 23.6 Å². The van der Waals surface area contributed by atoms with E-state index in [-0.39, 0.29) is 11.8 Å². The number of hydrogen-bond acceptors (Lipinski definition) is 6. The summed E-state index contributed by atoms with van der Waals surface area (Å²) >= 11 is 0. The fraction of sp³-hybridized carbons (Fsp3) is 0.300. The standard InChI is InChI=1S/C20H21NO6/c1-4-24-14-7-8-17-15(10-14)12(2)19(27-17)20(23)26-11-18(22)21-13(3)16-6-5-9-25-16/h5-10,13H,4,11H2,1-3H3,(H,21,22)/t13-/m1/s1. The van der Waals surface area contributed by atoms with Crippen LogP contribution in [-0.2, 0) is 9.53 Å². The van der Waals surface area contributed by atoms with Crippen LogP contribution in [-0.4, -0.2) is 25.1 Å². The van der Waals surface area contributed by atoms with Gasteiger partial charge in [-0.2, -0.15) is 0 Å². The summed E-state index contributed by atoms with van der Waals surface area (Å²) in [7, 11) is 0. The molecule has 0 aliphatic rings. The van der Waals surface area contributed by atoms with Crippen molar-refractivity contribution in [1.82, 2.24) is 5.32 Å². The summed E-state index contributed by atoms with van der Waals surface area (Å²) in [5.74, 6) is 0.264. The van der Waals surface area contributed by atoms with E-state index in [2.05, 4.69) is 5.32 Å². The summed E-state index contributed by atoms with van der Waals surface area (Å²) in [6, 6.07) is 8.49. The van der Waals surface area contributed by atoms with E-state index in [9.17, 15) is 9.59 Å². The molecule has 0 saturated heterocycles. The second-order valence-electron chi connectivity index (χ2n) is 6.03. The number of furan rings is 2. The van der Waals surface area contributed by atoms with Crippen molar-refractivity contribution in [3.8, 4) is 5.75 Å². The zero-order valence-electron chi connectivity index (χ0n) is 15.4. The van der Waals surface area contributed by atoms with Crippen LogP contribution in [0.2, 0.25) is 0 Å². The number of rotatable bonds is 7. The zero-order chi connectivity index (χ0) is 19.4. The van der Waals surface area contributed by atoms with Gasteiger partial charge in [-0.05, 0) is 51.1 Å². The Labute approximate surface area is 156 Å². The average molecular weight is 371 g/mol. The molecular formula is C20H21NO6. The van der Waals surface area contributed by atoms with Gasteiger partial charge in [0, 0.05) is 10.9 Å². The lowest BCUT2D eigenvalue weighted by atomic mass is 10.1. The van der Waals surface area contributed by atoms with Crippen molar-refractivity contribution in [2.45, 2.75) is 26.8 Å². The second-order valence-corrected chi connectivity index (χ2v) is 6.03. The molecule has 0 radical (unpaired) electrons. The van der Waals surface area contributed by atoms with Gasteiger partial charge in [0.15, 0.2) is 6.61 Å². The quantitative estimate of drug-likeness (QED) is 0.636. The normalized spacial score (nSPS) is 12.0. The predicted molar refractivity (Wildman–Crippen MR) is 97.7 cm³/mol. The van der Waals surface area contributed by atoms with Crippen molar-refractivity contribution in [2.24, 2.45) is 0 Å². The Kier molecular flexibility index (Phi) is 5.49. The van der Waals surface area contributed by atoms with Gasteiger partial charge in [-0.15, -0.1) is 0 Å². The Bertz CT molecular complexity index is 941. The second kappa shape index (κ2) is 7.99. The summed E-state index contributed by atoms with van der Waals surface area (Å²) in [4.78, 5) is 24.3. The number of esters is 1. The highest BCUT2D eigenvalue weighted by molar-refractivity contribution is 5.97. The molecule has 2 aromatic heterocycles. The van der Waals surface area contributed by atoms with Gasteiger partial charge in [0.05, 0.1) is 18.9 Å². The van der Waals surface area contributed by atoms with Crippen LogP contribution in [0, 0.1) is 6.92 Å². The Morgan fingerprint density at radius 3 is 2.78 bits per heavy atom. The molecule has 0 fully saturated rings. The van der Waals surface area contributed by atoms with Gasteiger partial charge in [0.25, 0.3) is 5.91 Å². The van der Waals surface area contributed by atoms with Crippen LogP contribution in [0.5, 0.6) is 5.75 Å². The Hall–Kier alpha value is -3.22. The number of aryl methyl sites for hydroxylation is 1. The molecule has 142 valence electrons. The van der Waals surface area contributed by atoms with Crippen molar-refractivity contribution < 1.29 is 27.9 Å². The van der Waals surface area contributed by atoms with Crippen LogP contribution in [0.15, 0.2) is 45.4 Å². The predicted octanol–water partition coefficient (Wildman–Crippen LogP) is 3.77. The minimum atomic E-state index is -0.692. The maximum atomic E-state index is 12.3. The van der Waals surface area contributed by atoms with Crippen LogP contribution in [0.1, 0.15) is 41.8 Å². The highest BCUT2D eigenvalue weighted by Crippen LogP contribution is 2.29. The van der Waals surface area contributed by atoms with E-state index < -0.39 is 18.5 Å². The smallest absolute Gasteiger partial charge is 0.375 e. The van der Waals surface area contributed by atoms with Crippen molar-refractivity contribution in [1.29, 1.82) is 0 Å². The van der Waals surface area contributed by atoms with E-state index in [1.54, 1.807) is 38.1 Å². The zero-order valence-corrected chi connectivity index (χ0v) is 15.4. The van der Waals surface area contributed by atoms with Gasteiger partial charge >= 0.3 is 5.97 Å². The van der Waals surface area contributed by atoms with Crippen molar-refractivity contribution >= 4 is 22.8 Å². The third-order valence-electron chi connectivity index (χ3n) is 4.09. The van der Waals surface area contributed by atoms with Gasteiger partial charge in [-0.25, -0.2) is 4.79 Å². The number of fused-ring (bicyclic) bond motifs is 1. The molecule has 0 aliphatic heterocycles. The number of hydrogen-bond donors (Lipinski definition) is 1. The minimum Gasteiger partial charge on any atom is -0.494 e. The fourth-order valence-electron chi connectivity index (χ4n) is 2.74. The SMILES string of the molecule is CCOc1ccc2oc(C(=O)OCC(=O)N[C@H](C)c3ccco3)c(C)c2c1. The molecular weight excluding hydrogens is 350 g/mol. The number of amides is 1. The first-order valence-corrected chi connectivity index (χ1v) is 8.65. The third kappa shape index (κ3) is 4.13. The molecule has 0 bridgehead atoms. The highest BCUT2D eigenvalue weighted by Gasteiger charge is 2.21. The Morgan fingerprint density at radius 2 is 2.07 bits per heavy atom. The number of carbonyl (C=O) groups excluding carboxylic acids is 2. The van der Waals surface area contributed by atoms with E-state index in [4.69, 9.17) is 18.3 Å². The average Bonchev–Trinajstić information content (AvgIpc) is 3.29. The van der Waals surface area contributed by atoms with E-state index in [0.717, 1.165) is 5.39 Å². The minimum absolute atomic E-state index is 0.0746. The van der Waals surface area contributed by atoms with Crippen LogP contribution in [0.25, 0.3) is 11.0 Å². The molecule has 1 aromatic carbocycles. The van der Waals surface area contributed by atoms with Crippen LogP contribution >= 0.6 is 0 Å². The summed E-state index contributed by atoms with van der Waals surface area (Å²) in [6.45, 7) is 5.57. The summed E-state index contributed by atoms with van der Waals surface area (Å²) in [6.07, 6.45) is 1.53. The molecule has 7 nitrogen and oxygen atoms in total. The van der Waals surface area contributed by atoms with Crippen LogP contribution in [0.3, 0.4) is 0 Å². The van der Waals surface area contributed by atoms with E-state index in [1.165, 1.54) is 6.26 Å².